The summed E-state index contributed by atoms with van der Waals surface area (Å²) in [6.45, 7) is 2.18. The quantitative estimate of drug-likeness (QED) is 0.595. The van der Waals surface area contributed by atoms with Crippen molar-refractivity contribution in [2.75, 3.05) is 13.7 Å². The third-order valence-corrected chi connectivity index (χ3v) is 4.82. The van der Waals surface area contributed by atoms with Crippen LogP contribution in [0.2, 0.25) is 0 Å². The minimum Gasteiger partial charge on any atom is -0.497 e. The second kappa shape index (κ2) is 7.32. The Bertz CT molecular complexity index is 820. The minimum atomic E-state index is -0.282. The van der Waals surface area contributed by atoms with Crippen molar-refractivity contribution in [1.29, 1.82) is 0 Å². The molecule has 24 heavy (non-hydrogen) atoms. The van der Waals surface area contributed by atoms with E-state index < -0.39 is 0 Å². The zero-order valence-electron chi connectivity index (χ0n) is 13.6. The van der Waals surface area contributed by atoms with Crippen LogP contribution in [0.3, 0.4) is 0 Å². The van der Waals surface area contributed by atoms with Crippen LogP contribution in [-0.4, -0.2) is 19.7 Å². The van der Waals surface area contributed by atoms with Crippen molar-refractivity contribution in [3.8, 4) is 27.3 Å². The second-order valence-electron chi connectivity index (χ2n) is 5.17. The van der Waals surface area contributed by atoms with E-state index in [-0.39, 0.29) is 5.97 Å². The van der Waals surface area contributed by atoms with Gasteiger partial charge in [-0.15, -0.1) is 11.3 Å². The zero-order valence-corrected chi connectivity index (χ0v) is 14.4. The molecule has 0 fully saturated rings. The molecule has 0 aliphatic carbocycles. The first kappa shape index (κ1) is 16.3. The number of thiophene rings is 1. The highest BCUT2D eigenvalue weighted by Gasteiger charge is 2.19. The predicted octanol–water partition coefficient (Wildman–Crippen LogP) is 5.27. The Morgan fingerprint density at radius 2 is 1.71 bits per heavy atom. The molecular formula is C20H18O3S. The number of benzene rings is 2. The molecule has 4 heteroatoms. The van der Waals surface area contributed by atoms with E-state index >= 15 is 0 Å². The number of rotatable bonds is 5. The Balaban J connectivity index is 2.08. The van der Waals surface area contributed by atoms with Crippen LogP contribution in [-0.2, 0) is 4.74 Å². The monoisotopic (exact) mass is 338 g/mol. The molecule has 0 unspecified atom stereocenters. The average molecular weight is 338 g/mol. The van der Waals surface area contributed by atoms with Crippen LogP contribution in [0.15, 0.2) is 60.7 Å². The summed E-state index contributed by atoms with van der Waals surface area (Å²) in [5.41, 5.74) is 2.95. The highest BCUT2D eigenvalue weighted by atomic mass is 32.1. The van der Waals surface area contributed by atoms with Crippen LogP contribution in [0.25, 0.3) is 21.6 Å². The van der Waals surface area contributed by atoms with E-state index in [1.54, 1.807) is 7.11 Å². The van der Waals surface area contributed by atoms with E-state index in [1.807, 2.05) is 67.6 Å². The van der Waals surface area contributed by atoms with Crippen molar-refractivity contribution in [1.82, 2.24) is 0 Å². The van der Waals surface area contributed by atoms with E-state index in [0.717, 1.165) is 27.3 Å². The molecule has 0 aliphatic heterocycles. The van der Waals surface area contributed by atoms with Crippen molar-refractivity contribution < 1.29 is 14.3 Å². The van der Waals surface area contributed by atoms with Crippen molar-refractivity contribution in [2.45, 2.75) is 6.92 Å². The van der Waals surface area contributed by atoms with Crippen molar-refractivity contribution in [2.24, 2.45) is 0 Å². The molecule has 0 N–H and O–H groups in total. The van der Waals surface area contributed by atoms with E-state index in [4.69, 9.17) is 9.47 Å². The lowest BCUT2D eigenvalue weighted by atomic mass is 10.0. The van der Waals surface area contributed by atoms with Gasteiger partial charge in [0.05, 0.1) is 13.7 Å². The molecule has 0 saturated heterocycles. The predicted molar refractivity (Wildman–Crippen MR) is 97.7 cm³/mol. The summed E-state index contributed by atoms with van der Waals surface area (Å²) in [5, 5.41) is 0. The third-order valence-electron chi connectivity index (χ3n) is 3.65. The maximum Gasteiger partial charge on any atom is 0.348 e. The molecule has 0 saturated carbocycles. The standard InChI is InChI=1S/C20H18O3S/c1-3-23-20(21)19-17(14-9-11-16(22-2)12-10-14)13-18(24-19)15-7-5-4-6-8-15/h4-13H,3H2,1-2H3. The molecule has 0 radical (unpaired) electrons. The van der Waals surface area contributed by atoms with Gasteiger partial charge in [0.15, 0.2) is 0 Å². The van der Waals surface area contributed by atoms with Crippen LogP contribution in [0, 0.1) is 0 Å². The van der Waals surface area contributed by atoms with Gasteiger partial charge >= 0.3 is 5.97 Å². The van der Waals surface area contributed by atoms with Gasteiger partial charge in [-0.2, -0.15) is 0 Å². The fourth-order valence-electron chi connectivity index (χ4n) is 2.47. The Morgan fingerprint density at radius 1 is 1.00 bits per heavy atom. The summed E-state index contributed by atoms with van der Waals surface area (Å²) in [6.07, 6.45) is 0. The van der Waals surface area contributed by atoms with Gasteiger partial charge in [0.1, 0.15) is 10.6 Å². The number of carbonyl (C=O) groups is 1. The molecule has 0 aliphatic rings. The number of methoxy groups -OCH3 is 1. The van der Waals surface area contributed by atoms with Crippen LogP contribution in [0.1, 0.15) is 16.6 Å². The Morgan fingerprint density at radius 3 is 2.33 bits per heavy atom. The Kier molecular flexibility index (Phi) is 4.96. The van der Waals surface area contributed by atoms with Crippen molar-refractivity contribution in [3.63, 3.8) is 0 Å². The SMILES string of the molecule is CCOC(=O)c1sc(-c2ccccc2)cc1-c1ccc(OC)cc1. The summed E-state index contributed by atoms with van der Waals surface area (Å²) in [7, 11) is 1.64. The van der Waals surface area contributed by atoms with Crippen LogP contribution < -0.4 is 4.74 Å². The molecule has 122 valence electrons. The fourth-order valence-corrected chi connectivity index (χ4v) is 3.55. The normalized spacial score (nSPS) is 10.4. The number of hydrogen-bond donors (Lipinski definition) is 0. The lowest BCUT2D eigenvalue weighted by Crippen LogP contribution is -2.03. The molecule has 0 spiro atoms. The minimum absolute atomic E-state index is 0.282. The van der Waals surface area contributed by atoms with Crippen LogP contribution >= 0.6 is 11.3 Å². The molecule has 3 nitrogen and oxygen atoms in total. The topological polar surface area (TPSA) is 35.5 Å². The molecule has 0 atom stereocenters. The smallest absolute Gasteiger partial charge is 0.348 e. The van der Waals surface area contributed by atoms with Crippen molar-refractivity contribution >= 4 is 17.3 Å². The molecule has 0 amide bonds. The highest BCUT2D eigenvalue weighted by Crippen LogP contribution is 2.38. The van der Waals surface area contributed by atoms with Crippen LogP contribution in [0.5, 0.6) is 5.75 Å². The van der Waals surface area contributed by atoms with Gasteiger partial charge in [-0.05, 0) is 36.2 Å². The average Bonchev–Trinajstić information content (AvgIpc) is 3.08. The first-order chi connectivity index (χ1) is 11.7. The molecule has 3 rings (SSSR count). The first-order valence-corrected chi connectivity index (χ1v) is 8.55. The summed E-state index contributed by atoms with van der Waals surface area (Å²) < 4.78 is 10.4. The molecule has 3 aromatic rings. The molecule has 2 aromatic carbocycles. The maximum atomic E-state index is 12.4. The molecule has 1 aromatic heterocycles. The van der Waals surface area contributed by atoms with Gasteiger partial charge in [-0.3, -0.25) is 0 Å². The Labute approximate surface area is 145 Å². The maximum absolute atomic E-state index is 12.4. The number of ether oxygens (including phenoxy) is 2. The lowest BCUT2D eigenvalue weighted by Gasteiger charge is -2.05. The summed E-state index contributed by atoms with van der Waals surface area (Å²) in [4.78, 5) is 14.0. The van der Waals surface area contributed by atoms with Gasteiger partial charge in [0.25, 0.3) is 0 Å². The highest BCUT2D eigenvalue weighted by molar-refractivity contribution is 7.17. The molecular weight excluding hydrogens is 320 g/mol. The Hall–Kier alpha value is -2.59. The van der Waals surface area contributed by atoms with E-state index in [9.17, 15) is 4.79 Å². The summed E-state index contributed by atoms with van der Waals surface area (Å²) in [5.74, 6) is 0.505. The second-order valence-corrected chi connectivity index (χ2v) is 6.22. The van der Waals surface area contributed by atoms with Gasteiger partial charge in [-0.25, -0.2) is 4.79 Å². The summed E-state index contributed by atoms with van der Waals surface area (Å²) >= 11 is 1.46. The number of hydrogen-bond acceptors (Lipinski definition) is 4. The number of esters is 1. The number of carbonyl (C=O) groups excluding carboxylic acids is 1. The largest absolute Gasteiger partial charge is 0.497 e. The van der Waals surface area contributed by atoms with Gasteiger partial charge in [0.2, 0.25) is 0 Å². The molecule has 1 heterocycles. The van der Waals surface area contributed by atoms with E-state index in [2.05, 4.69) is 0 Å². The zero-order chi connectivity index (χ0) is 16.9. The lowest BCUT2D eigenvalue weighted by molar-refractivity contribution is 0.0533. The van der Waals surface area contributed by atoms with E-state index in [0.29, 0.717) is 11.5 Å². The third kappa shape index (κ3) is 3.34. The van der Waals surface area contributed by atoms with Gasteiger partial charge < -0.3 is 9.47 Å². The van der Waals surface area contributed by atoms with Crippen molar-refractivity contribution in [3.05, 3.63) is 65.5 Å². The van der Waals surface area contributed by atoms with Gasteiger partial charge in [0, 0.05) is 10.4 Å². The van der Waals surface area contributed by atoms with Gasteiger partial charge in [-0.1, -0.05) is 42.5 Å². The first-order valence-electron chi connectivity index (χ1n) is 7.73. The van der Waals surface area contributed by atoms with Crippen LogP contribution in [0.4, 0.5) is 0 Å². The van der Waals surface area contributed by atoms with E-state index in [1.165, 1.54) is 11.3 Å². The molecule has 0 bridgehead atoms. The fraction of sp³-hybridized carbons (Fsp3) is 0.150. The summed E-state index contributed by atoms with van der Waals surface area (Å²) in [6, 6.07) is 19.8.